The van der Waals surface area contributed by atoms with Crippen molar-refractivity contribution in [3.05, 3.63) is 94.8 Å². The highest BCUT2D eigenvalue weighted by atomic mass is 19.3. The Kier molecular flexibility index (Phi) is 5.74. The lowest BCUT2D eigenvalue weighted by Crippen LogP contribution is -2.23. The van der Waals surface area contributed by atoms with Gasteiger partial charge in [-0.1, -0.05) is 60.7 Å². The van der Waals surface area contributed by atoms with E-state index in [9.17, 15) is 13.6 Å². The molecule has 2 aromatic carbocycles. The van der Waals surface area contributed by atoms with E-state index in [4.69, 9.17) is 0 Å². The van der Waals surface area contributed by atoms with Gasteiger partial charge in [0.05, 0.1) is 23.5 Å². The molecule has 0 saturated heterocycles. The van der Waals surface area contributed by atoms with Gasteiger partial charge in [-0.15, -0.1) is 0 Å². The fourth-order valence-electron chi connectivity index (χ4n) is 3.79. The van der Waals surface area contributed by atoms with Crippen molar-refractivity contribution in [1.82, 2.24) is 10.3 Å². The van der Waals surface area contributed by atoms with Crippen LogP contribution in [0.4, 0.5) is 14.5 Å². The van der Waals surface area contributed by atoms with E-state index in [1.807, 2.05) is 60.7 Å². The second-order valence-corrected chi connectivity index (χ2v) is 7.40. The van der Waals surface area contributed by atoms with E-state index in [0.29, 0.717) is 11.3 Å². The minimum Gasteiger partial charge on any atom is -0.373 e. The predicted molar refractivity (Wildman–Crippen MR) is 113 cm³/mol. The molecule has 1 aliphatic carbocycles. The van der Waals surface area contributed by atoms with Gasteiger partial charge in [0.25, 0.3) is 12.3 Å². The van der Waals surface area contributed by atoms with E-state index in [2.05, 4.69) is 15.6 Å². The first-order valence-electron chi connectivity index (χ1n) is 9.99. The van der Waals surface area contributed by atoms with Crippen molar-refractivity contribution in [2.75, 3.05) is 12.4 Å². The Bertz CT molecular complexity index is 982. The van der Waals surface area contributed by atoms with Gasteiger partial charge in [-0.25, -0.2) is 13.8 Å². The average molecular weight is 407 g/mol. The molecule has 0 bridgehead atoms. The minimum absolute atomic E-state index is 0.00935. The molecule has 6 heteroatoms. The molecular weight excluding hydrogens is 384 g/mol. The summed E-state index contributed by atoms with van der Waals surface area (Å²) in [7, 11) is 1.42. The third-order valence-corrected chi connectivity index (χ3v) is 5.37. The lowest BCUT2D eigenvalue weighted by molar-refractivity contribution is 0.0942. The zero-order chi connectivity index (χ0) is 21.1. The molecular formula is C24H23F2N3O. The molecule has 4 nitrogen and oxygen atoms in total. The Morgan fingerprint density at radius 1 is 1.00 bits per heavy atom. The van der Waals surface area contributed by atoms with Crippen molar-refractivity contribution >= 4 is 11.6 Å². The summed E-state index contributed by atoms with van der Waals surface area (Å²) in [5.74, 6) is -0.587. The zero-order valence-electron chi connectivity index (χ0n) is 16.6. The molecule has 3 aromatic rings. The number of amides is 1. The molecule has 1 saturated carbocycles. The Balaban J connectivity index is 1.82. The molecule has 1 aliphatic rings. The number of hydrogen-bond donors (Lipinski definition) is 2. The highest BCUT2D eigenvalue weighted by Crippen LogP contribution is 2.48. The van der Waals surface area contributed by atoms with Crippen LogP contribution in [0.25, 0.3) is 0 Å². The molecule has 0 spiro atoms. The lowest BCUT2D eigenvalue weighted by Gasteiger charge is -2.24. The molecule has 1 heterocycles. The first-order valence-corrected chi connectivity index (χ1v) is 9.99. The zero-order valence-corrected chi connectivity index (χ0v) is 16.6. The van der Waals surface area contributed by atoms with Crippen LogP contribution < -0.4 is 10.6 Å². The van der Waals surface area contributed by atoms with Crippen LogP contribution in [0.15, 0.2) is 66.9 Å². The largest absolute Gasteiger partial charge is 0.373 e. The molecule has 0 radical (unpaired) electrons. The van der Waals surface area contributed by atoms with Crippen LogP contribution in [0.1, 0.15) is 64.0 Å². The second kappa shape index (κ2) is 8.61. The maximum absolute atomic E-state index is 14.1. The monoisotopic (exact) mass is 407 g/mol. The number of halogens is 2. The van der Waals surface area contributed by atoms with Crippen LogP contribution in [0.2, 0.25) is 0 Å². The number of carbonyl (C=O) groups is 1. The normalized spacial score (nSPS) is 13.5. The quantitative estimate of drug-likeness (QED) is 0.547. The fraction of sp³-hybridized carbons (Fsp3) is 0.250. The molecule has 154 valence electrons. The van der Waals surface area contributed by atoms with Gasteiger partial charge in [-0.05, 0) is 35.4 Å². The first-order chi connectivity index (χ1) is 14.6. The number of alkyl halides is 2. The number of hydrogen-bond acceptors (Lipinski definition) is 3. The number of pyridine rings is 1. The van der Waals surface area contributed by atoms with Crippen molar-refractivity contribution in [3.63, 3.8) is 0 Å². The van der Waals surface area contributed by atoms with Crippen LogP contribution >= 0.6 is 0 Å². The molecule has 2 N–H and O–H groups in total. The topological polar surface area (TPSA) is 54.0 Å². The summed E-state index contributed by atoms with van der Waals surface area (Å²) in [4.78, 5) is 16.3. The van der Waals surface area contributed by atoms with Gasteiger partial charge in [0.15, 0.2) is 0 Å². The summed E-state index contributed by atoms with van der Waals surface area (Å²) in [5, 5.41) is 5.87. The SMILES string of the molecule is CNC(=O)c1ncc(NC(c2ccccc2)c2ccccc2)c(C2CC2)c1C(F)F. The van der Waals surface area contributed by atoms with Crippen molar-refractivity contribution in [1.29, 1.82) is 0 Å². The molecule has 4 rings (SSSR count). The van der Waals surface area contributed by atoms with Gasteiger partial charge in [0, 0.05) is 7.05 Å². The van der Waals surface area contributed by atoms with Gasteiger partial charge >= 0.3 is 0 Å². The molecule has 30 heavy (non-hydrogen) atoms. The summed E-state index contributed by atoms with van der Waals surface area (Å²) < 4.78 is 28.2. The molecule has 1 amide bonds. The standard InChI is InChI=1S/C24H23F2N3O/c1-27-24(30)22-20(23(25)26)19(15-12-13-15)18(14-28-22)29-21(16-8-4-2-5-9-16)17-10-6-3-7-11-17/h2-11,14-15,21,23,29H,12-13H2,1H3,(H,27,30). The van der Waals surface area contributed by atoms with Crippen LogP contribution in [-0.2, 0) is 0 Å². The summed E-state index contributed by atoms with van der Waals surface area (Å²) in [6, 6.07) is 19.5. The van der Waals surface area contributed by atoms with E-state index in [1.165, 1.54) is 13.2 Å². The van der Waals surface area contributed by atoms with E-state index in [-0.39, 0.29) is 23.2 Å². The molecule has 0 atom stereocenters. The van der Waals surface area contributed by atoms with Crippen molar-refractivity contribution < 1.29 is 13.6 Å². The number of nitrogens with one attached hydrogen (secondary N) is 2. The molecule has 1 aromatic heterocycles. The number of carbonyl (C=O) groups excluding carboxylic acids is 1. The fourth-order valence-corrected chi connectivity index (χ4v) is 3.79. The van der Waals surface area contributed by atoms with Crippen molar-refractivity contribution in [2.45, 2.75) is 31.2 Å². The smallest absolute Gasteiger partial charge is 0.270 e. The minimum atomic E-state index is -2.78. The highest BCUT2D eigenvalue weighted by Gasteiger charge is 2.35. The van der Waals surface area contributed by atoms with Gasteiger partial charge in [-0.2, -0.15) is 0 Å². The summed E-state index contributed by atoms with van der Waals surface area (Å²) in [5.41, 5.74) is 2.63. The number of rotatable bonds is 7. The molecule has 0 aliphatic heterocycles. The van der Waals surface area contributed by atoms with Gasteiger partial charge in [0.1, 0.15) is 5.69 Å². The number of aromatic nitrogens is 1. The maximum atomic E-state index is 14.1. The van der Waals surface area contributed by atoms with Gasteiger partial charge in [-0.3, -0.25) is 4.79 Å². The highest BCUT2D eigenvalue weighted by molar-refractivity contribution is 5.94. The lowest BCUT2D eigenvalue weighted by atomic mass is 9.96. The number of anilines is 1. The maximum Gasteiger partial charge on any atom is 0.270 e. The van der Waals surface area contributed by atoms with Crippen molar-refractivity contribution in [3.8, 4) is 0 Å². The van der Waals surface area contributed by atoms with E-state index < -0.39 is 12.3 Å². The molecule has 0 unspecified atom stereocenters. The summed E-state index contributed by atoms with van der Waals surface area (Å²) in [6.07, 6.45) is 0.386. The second-order valence-electron chi connectivity index (χ2n) is 7.40. The van der Waals surface area contributed by atoms with E-state index in [0.717, 1.165) is 24.0 Å². The van der Waals surface area contributed by atoms with E-state index in [1.54, 1.807) is 0 Å². The summed E-state index contributed by atoms with van der Waals surface area (Å²) in [6.45, 7) is 0. The van der Waals surface area contributed by atoms with Crippen LogP contribution in [0, 0.1) is 0 Å². The molecule has 1 fully saturated rings. The first kappa shape index (κ1) is 20.0. The Labute approximate surface area is 174 Å². The number of benzene rings is 2. The third-order valence-electron chi connectivity index (χ3n) is 5.37. The Hall–Kier alpha value is -3.28. The van der Waals surface area contributed by atoms with Crippen molar-refractivity contribution in [2.24, 2.45) is 0 Å². The number of nitrogens with zero attached hydrogens (tertiary/aromatic N) is 1. The van der Waals surface area contributed by atoms with E-state index >= 15 is 0 Å². The van der Waals surface area contributed by atoms with Gasteiger partial charge < -0.3 is 10.6 Å². The van der Waals surface area contributed by atoms with Crippen LogP contribution in [-0.4, -0.2) is 17.9 Å². The summed E-state index contributed by atoms with van der Waals surface area (Å²) >= 11 is 0. The Morgan fingerprint density at radius 2 is 1.57 bits per heavy atom. The predicted octanol–water partition coefficient (Wildman–Crippen LogP) is 5.46. The van der Waals surface area contributed by atoms with Gasteiger partial charge in [0.2, 0.25) is 0 Å². The van der Waals surface area contributed by atoms with Crippen LogP contribution in [0.5, 0.6) is 0 Å². The average Bonchev–Trinajstić information content (AvgIpc) is 3.62. The van der Waals surface area contributed by atoms with Crippen LogP contribution in [0.3, 0.4) is 0 Å². The third kappa shape index (κ3) is 4.03. The Morgan fingerprint density at radius 3 is 2.03 bits per heavy atom.